The second-order valence-corrected chi connectivity index (χ2v) is 7.64. The summed E-state index contributed by atoms with van der Waals surface area (Å²) in [7, 11) is 2.05. The third kappa shape index (κ3) is 2.88. The molecule has 0 unspecified atom stereocenters. The van der Waals surface area contributed by atoms with Gasteiger partial charge in [0.15, 0.2) is 6.20 Å². The van der Waals surface area contributed by atoms with Gasteiger partial charge in [-0.25, -0.2) is 4.57 Å². The lowest BCUT2D eigenvalue weighted by molar-refractivity contribution is -0.660. The van der Waals surface area contributed by atoms with Gasteiger partial charge in [0.2, 0.25) is 5.69 Å². The Morgan fingerprint density at radius 1 is 1.11 bits per heavy atom. The topological polar surface area (TPSA) is 40.8 Å². The summed E-state index contributed by atoms with van der Waals surface area (Å²) in [5, 5.41) is 11.8. The van der Waals surface area contributed by atoms with E-state index >= 15 is 0 Å². The molecule has 4 aromatic rings. The molecule has 2 heterocycles. The fourth-order valence-electron chi connectivity index (χ4n) is 3.88. The van der Waals surface area contributed by atoms with Crippen LogP contribution in [0.3, 0.4) is 0 Å². The molecule has 0 saturated carbocycles. The summed E-state index contributed by atoms with van der Waals surface area (Å²) < 4.78 is 8.26. The molecule has 0 aliphatic heterocycles. The normalized spacial score (nSPS) is 11.4. The summed E-state index contributed by atoms with van der Waals surface area (Å²) in [6.07, 6.45) is 2.94. The van der Waals surface area contributed by atoms with Crippen LogP contribution in [-0.4, -0.2) is 0 Å². The summed E-state index contributed by atoms with van der Waals surface area (Å²) >= 11 is 0. The number of pyridine rings is 1. The highest BCUT2D eigenvalue weighted by Gasteiger charge is 2.19. The smallest absolute Gasteiger partial charge is 0.212 e. The minimum atomic E-state index is 0.499. The molecule has 0 fully saturated rings. The maximum Gasteiger partial charge on any atom is 0.212 e. The van der Waals surface area contributed by atoms with E-state index in [4.69, 9.17) is 4.42 Å². The number of nitriles is 1. The lowest BCUT2D eigenvalue weighted by atomic mass is 9.94. The lowest BCUT2D eigenvalue weighted by Crippen LogP contribution is -2.30. The molecule has 0 aliphatic rings. The Bertz CT molecular complexity index is 1210. The molecule has 2 aromatic heterocycles. The zero-order valence-corrected chi connectivity index (χ0v) is 16.2. The molecule has 0 saturated heterocycles. The Labute approximate surface area is 159 Å². The van der Waals surface area contributed by atoms with E-state index in [1.54, 1.807) is 0 Å². The lowest BCUT2D eigenvalue weighted by Gasteiger charge is -2.08. The van der Waals surface area contributed by atoms with E-state index in [-0.39, 0.29) is 0 Å². The molecule has 0 amide bonds. The fourth-order valence-corrected chi connectivity index (χ4v) is 3.88. The van der Waals surface area contributed by atoms with Crippen molar-refractivity contribution < 1.29 is 8.98 Å². The number of benzene rings is 2. The van der Waals surface area contributed by atoms with Crippen molar-refractivity contribution in [1.82, 2.24) is 0 Å². The van der Waals surface area contributed by atoms with Crippen LogP contribution in [0, 0.1) is 24.2 Å². The number of rotatable bonds is 3. The van der Waals surface area contributed by atoms with Crippen LogP contribution in [0.4, 0.5) is 0 Å². The molecule has 0 atom stereocenters. The van der Waals surface area contributed by atoms with Gasteiger partial charge in [-0.2, -0.15) is 5.26 Å². The van der Waals surface area contributed by atoms with Crippen molar-refractivity contribution >= 4 is 21.9 Å². The Balaban J connectivity index is 2.01. The number of aryl methyl sites for hydroxylation is 2. The van der Waals surface area contributed by atoms with Crippen molar-refractivity contribution in [2.24, 2.45) is 13.0 Å². The second-order valence-electron chi connectivity index (χ2n) is 7.64. The summed E-state index contributed by atoms with van der Waals surface area (Å²) in [5.74, 6) is 0.499. The first-order valence-electron chi connectivity index (χ1n) is 9.33. The van der Waals surface area contributed by atoms with Crippen LogP contribution in [0.15, 0.2) is 53.1 Å². The zero-order valence-electron chi connectivity index (χ0n) is 16.2. The van der Waals surface area contributed by atoms with Gasteiger partial charge in [0.1, 0.15) is 24.3 Å². The molecular formula is C24H23N2O+. The number of furan rings is 1. The Hall–Kier alpha value is -3.12. The van der Waals surface area contributed by atoms with E-state index in [9.17, 15) is 5.26 Å². The molecule has 0 spiro atoms. The average molecular weight is 355 g/mol. The molecule has 3 heteroatoms. The Morgan fingerprint density at radius 3 is 2.63 bits per heavy atom. The van der Waals surface area contributed by atoms with Crippen LogP contribution in [-0.2, 0) is 13.5 Å². The summed E-state index contributed by atoms with van der Waals surface area (Å²) in [6, 6.07) is 16.9. The van der Waals surface area contributed by atoms with Gasteiger partial charge in [0.25, 0.3) is 0 Å². The highest BCUT2D eigenvalue weighted by atomic mass is 16.3. The van der Waals surface area contributed by atoms with Gasteiger partial charge in [0.05, 0.1) is 11.1 Å². The standard InChI is InChI=1S/C24H23N2O/c1-15(2)11-17-8-9-22-24(20(17)14-25)19-12-16(3)18(13-23(19)27-22)21-7-5-6-10-26(21)4/h5-10,12-13,15H,11H2,1-4H3/q+1. The van der Waals surface area contributed by atoms with Crippen molar-refractivity contribution in [3.05, 3.63) is 65.4 Å². The SMILES string of the molecule is Cc1cc2c(cc1-c1cccc[n+]1C)oc1ccc(CC(C)C)c(C#N)c12. The fraction of sp³-hybridized carbons (Fsp3) is 0.250. The maximum absolute atomic E-state index is 9.85. The molecule has 27 heavy (non-hydrogen) atoms. The molecule has 3 nitrogen and oxygen atoms in total. The molecular weight excluding hydrogens is 332 g/mol. The summed E-state index contributed by atoms with van der Waals surface area (Å²) in [5.41, 5.74) is 6.90. The third-order valence-corrected chi connectivity index (χ3v) is 5.14. The average Bonchev–Trinajstić information content (AvgIpc) is 2.99. The van der Waals surface area contributed by atoms with Gasteiger partial charge < -0.3 is 4.42 Å². The van der Waals surface area contributed by atoms with Crippen molar-refractivity contribution in [3.63, 3.8) is 0 Å². The number of hydrogen-bond acceptors (Lipinski definition) is 2. The summed E-state index contributed by atoms with van der Waals surface area (Å²) in [4.78, 5) is 0. The van der Waals surface area contributed by atoms with Crippen molar-refractivity contribution in [2.45, 2.75) is 27.2 Å². The van der Waals surface area contributed by atoms with E-state index in [2.05, 4.69) is 49.6 Å². The molecule has 0 radical (unpaired) electrons. The molecule has 2 aromatic carbocycles. The highest BCUT2D eigenvalue weighted by molar-refractivity contribution is 6.09. The minimum absolute atomic E-state index is 0.499. The number of hydrogen-bond donors (Lipinski definition) is 0. The molecule has 134 valence electrons. The van der Waals surface area contributed by atoms with Crippen LogP contribution >= 0.6 is 0 Å². The Morgan fingerprint density at radius 2 is 1.93 bits per heavy atom. The zero-order chi connectivity index (χ0) is 19.1. The first kappa shape index (κ1) is 17.3. The predicted molar refractivity (Wildman–Crippen MR) is 108 cm³/mol. The largest absolute Gasteiger partial charge is 0.456 e. The monoisotopic (exact) mass is 355 g/mol. The van der Waals surface area contributed by atoms with E-state index in [1.807, 2.05) is 37.5 Å². The van der Waals surface area contributed by atoms with Gasteiger partial charge in [-0.1, -0.05) is 19.9 Å². The first-order chi connectivity index (χ1) is 13.0. The van der Waals surface area contributed by atoms with Crippen molar-refractivity contribution in [2.75, 3.05) is 0 Å². The quantitative estimate of drug-likeness (QED) is 0.458. The molecule has 0 bridgehead atoms. The summed E-state index contributed by atoms with van der Waals surface area (Å²) in [6.45, 7) is 6.47. The molecule has 4 rings (SSSR count). The predicted octanol–water partition coefficient (Wildman–Crippen LogP) is 5.46. The van der Waals surface area contributed by atoms with E-state index in [0.717, 1.165) is 50.7 Å². The minimum Gasteiger partial charge on any atom is -0.456 e. The second kappa shape index (κ2) is 6.55. The highest BCUT2D eigenvalue weighted by Crippen LogP contribution is 2.36. The van der Waals surface area contributed by atoms with Crippen LogP contribution in [0.1, 0.15) is 30.5 Å². The van der Waals surface area contributed by atoms with Gasteiger partial charge in [-0.15, -0.1) is 0 Å². The molecule has 0 N–H and O–H groups in total. The number of fused-ring (bicyclic) bond motifs is 3. The van der Waals surface area contributed by atoms with Crippen LogP contribution < -0.4 is 4.57 Å². The third-order valence-electron chi connectivity index (χ3n) is 5.14. The van der Waals surface area contributed by atoms with Gasteiger partial charge in [-0.3, -0.25) is 0 Å². The van der Waals surface area contributed by atoms with Crippen LogP contribution in [0.25, 0.3) is 33.2 Å². The number of nitrogens with zero attached hydrogens (tertiary/aromatic N) is 2. The molecule has 0 aliphatic carbocycles. The van der Waals surface area contributed by atoms with E-state index in [1.165, 1.54) is 5.56 Å². The van der Waals surface area contributed by atoms with Gasteiger partial charge in [-0.05, 0) is 54.7 Å². The van der Waals surface area contributed by atoms with Gasteiger partial charge >= 0.3 is 0 Å². The van der Waals surface area contributed by atoms with Gasteiger partial charge in [0, 0.05) is 22.9 Å². The van der Waals surface area contributed by atoms with Crippen molar-refractivity contribution in [3.8, 4) is 17.3 Å². The van der Waals surface area contributed by atoms with Crippen LogP contribution in [0.2, 0.25) is 0 Å². The first-order valence-corrected chi connectivity index (χ1v) is 9.33. The van der Waals surface area contributed by atoms with E-state index < -0.39 is 0 Å². The van der Waals surface area contributed by atoms with Crippen molar-refractivity contribution in [1.29, 1.82) is 5.26 Å². The van der Waals surface area contributed by atoms with E-state index in [0.29, 0.717) is 5.92 Å². The number of aromatic nitrogens is 1. The maximum atomic E-state index is 9.85. The Kier molecular flexibility index (Phi) is 4.20. The van der Waals surface area contributed by atoms with Crippen LogP contribution in [0.5, 0.6) is 0 Å².